The predicted octanol–water partition coefficient (Wildman–Crippen LogP) is 4.25. The van der Waals surface area contributed by atoms with E-state index in [-0.39, 0.29) is 16.4 Å². The van der Waals surface area contributed by atoms with Crippen LogP contribution >= 0.6 is 11.8 Å². The van der Waals surface area contributed by atoms with Crippen molar-refractivity contribution in [3.05, 3.63) is 98.9 Å². The van der Waals surface area contributed by atoms with Crippen molar-refractivity contribution in [2.45, 2.75) is 22.0 Å². The van der Waals surface area contributed by atoms with Crippen molar-refractivity contribution in [1.29, 1.82) is 0 Å². The van der Waals surface area contributed by atoms with Crippen molar-refractivity contribution < 1.29 is 14.3 Å². The van der Waals surface area contributed by atoms with Crippen LogP contribution in [-0.4, -0.2) is 37.8 Å². The molecule has 32 heavy (non-hydrogen) atoms. The van der Waals surface area contributed by atoms with E-state index in [1.54, 1.807) is 3.33 Å². The number of rotatable bonds is 6. The fraction of sp³-hybridized carbons (Fsp3) is 0.154. The maximum atomic E-state index is 12.4. The van der Waals surface area contributed by atoms with E-state index in [0.717, 1.165) is 17.7 Å². The summed E-state index contributed by atoms with van der Waals surface area (Å²) in [6.45, 7) is 0.560. The summed E-state index contributed by atoms with van der Waals surface area (Å²) >= 11 is -1.15. The third-order valence-electron chi connectivity index (χ3n) is 6.61. The number of amides is 2. The fourth-order valence-corrected chi connectivity index (χ4v) is 19.8. The topological polar surface area (TPSA) is 55.4 Å². The Bertz CT molecular complexity index is 1260. The molecule has 2 bridgehead atoms. The average molecular weight is 541 g/mol. The van der Waals surface area contributed by atoms with Gasteiger partial charge < -0.3 is 0 Å². The van der Waals surface area contributed by atoms with Gasteiger partial charge in [0.2, 0.25) is 0 Å². The second kappa shape index (κ2) is 8.16. The summed E-state index contributed by atoms with van der Waals surface area (Å²) in [7, 11) is 0. The number of ether oxygens (including phenoxy) is 1. The Labute approximate surface area is 198 Å². The van der Waals surface area contributed by atoms with E-state index in [1.807, 2.05) is 30.3 Å². The molecule has 2 amide bonds. The summed E-state index contributed by atoms with van der Waals surface area (Å²) in [6, 6.07) is 27.2. The number of carbonyl (C=O) groups excluding carboxylic acids is 2. The second-order valence-electron chi connectivity index (χ2n) is 8.44. The van der Waals surface area contributed by atoms with Crippen LogP contribution in [0.2, 0.25) is 3.67 Å². The number of hydrogen-bond acceptors (Lipinski definition) is 4. The number of imide groups is 1. The molecule has 0 aromatic heterocycles. The van der Waals surface area contributed by atoms with Crippen LogP contribution in [0.4, 0.5) is 4.79 Å². The summed E-state index contributed by atoms with van der Waals surface area (Å²) in [5.41, 5.74) is 5.12. The molecule has 4 nitrogen and oxygen atoms in total. The van der Waals surface area contributed by atoms with Gasteiger partial charge in [-0.1, -0.05) is 0 Å². The molecule has 6 heteroatoms. The van der Waals surface area contributed by atoms with Crippen molar-refractivity contribution in [3.63, 3.8) is 0 Å². The van der Waals surface area contributed by atoms with Gasteiger partial charge in [0.1, 0.15) is 0 Å². The molecule has 0 spiro atoms. The van der Waals surface area contributed by atoms with E-state index < -0.39 is 21.4 Å². The van der Waals surface area contributed by atoms with Crippen molar-refractivity contribution >= 4 is 53.2 Å². The number of carbonyl (C=O) groups is 2. The Kier molecular flexibility index (Phi) is 5.15. The standard InChI is InChI=1S/C26H20NO3S.In/c28-25-24(31-26(29)27-25)17-22(21-9-5-2-6-10-21)14-11-19-12-15-23(16-13-19)30-18-20-7-3-1-4-8-20;/h1-9,12-13,15-17,24H,11,18H2,(H,27,28,29);. The van der Waals surface area contributed by atoms with Crippen molar-refractivity contribution in [2.75, 3.05) is 0 Å². The normalized spacial score (nSPS) is 20.8. The third-order valence-corrected chi connectivity index (χ3v) is 19.5. The van der Waals surface area contributed by atoms with E-state index in [9.17, 15) is 9.59 Å². The third kappa shape index (κ3) is 3.41. The van der Waals surface area contributed by atoms with Crippen LogP contribution < -0.4 is 13.4 Å². The molecule has 4 aliphatic heterocycles. The summed E-state index contributed by atoms with van der Waals surface area (Å²) in [4.78, 5) is 24.2. The molecular formula is C26H20InNO3S. The van der Waals surface area contributed by atoms with E-state index in [4.69, 9.17) is 4.74 Å². The van der Waals surface area contributed by atoms with Gasteiger partial charge in [-0.15, -0.1) is 0 Å². The predicted molar refractivity (Wildman–Crippen MR) is 128 cm³/mol. The van der Waals surface area contributed by atoms with Crippen LogP contribution in [-0.2, 0) is 17.8 Å². The average Bonchev–Trinajstić information content (AvgIpc) is 3.44. The molecule has 1 N–H and O–H groups in total. The van der Waals surface area contributed by atoms with E-state index in [0.29, 0.717) is 10.3 Å². The first-order valence-corrected chi connectivity index (χ1v) is 16.9. The van der Waals surface area contributed by atoms with Crippen molar-refractivity contribution in [1.82, 2.24) is 5.32 Å². The molecule has 0 saturated carbocycles. The van der Waals surface area contributed by atoms with Crippen LogP contribution in [0.1, 0.15) is 16.7 Å². The Morgan fingerprint density at radius 3 is 2.34 bits per heavy atom. The van der Waals surface area contributed by atoms with E-state index >= 15 is 0 Å². The Morgan fingerprint density at radius 1 is 0.875 bits per heavy atom. The Morgan fingerprint density at radius 2 is 1.62 bits per heavy atom. The zero-order chi connectivity index (χ0) is 21.7. The molecule has 3 aromatic rings. The van der Waals surface area contributed by atoms with E-state index in [2.05, 4.69) is 53.8 Å². The second-order valence-corrected chi connectivity index (χ2v) is 18.1. The minimum atomic E-state index is -2.34. The summed E-state index contributed by atoms with van der Waals surface area (Å²) in [5.74, 6) is 0.769. The number of thioether (sulfide) groups is 1. The molecule has 2 unspecified atom stereocenters. The first kappa shape index (κ1) is 20.2. The number of allylic oxidation sites excluding steroid dienone is 2. The quantitative estimate of drug-likeness (QED) is 0.507. The fourth-order valence-electron chi connectivity index (χ4n) is 5.22. The van der Waals surface area contributed by atoms with Crippen LogP contribution in [0, 0.1) is 0 Å². The first-order chi connectivity index (χ1) is 15.7. The van der Waals surface area contributed by atoms with Gasteiger partial charge in [0, 0.05) is 0 Å². The van der Waals surface area contributed by atoms with Gasteiger partial charge in [0.25, 0.3) is 0 Å². The van der Waals surface area contributed by atoms with Gasteiger partial charge in [-0.3, -0.25) is 0 Å². The van der Waals surface area contributed by atoms with Gasteiger partial charge in [0.15, 0.2) is 0 Å². The molecule has 2 atom stereocenters. The summed E-state index contributed by atoms with van der Waals surface area (Å²) in [5, 5.41) is 2.06. The Balaban J connectivity index is 1.21. The molecule has 0 aliphatic carbocycles. The van der Waals surface area contributed by atoms with Gasteiger partial charge in [-0.25, -0.2) is 0 Å². The molecule has 7 rings (SSSR count). The zero-order valence-corrected chi connectivity index (χ0v) is 21.4. The monoisotopic (exact) mass is 541 g/mol. The number of nitrogens with one attached hydrogen (secondary N) is 1. The molecular weight excluding hydrogens is 521 g/mol. The zero-order valence-electron chi connectivity index (χ0n) is 17.3. The maximum absolute atomic E-state index is 12.4. The van der Waals surface area contributed by atoms with Gasteiger partial charge in [0.05, 0.1) is 0 Å². The molecule has 4 aliphatic rings. The number of hydrogen-bond donors (Lipinski definition) is 1. The molecule has 3 aromatic carbocycles. The van der Waals surface area contributed by atoms with Crippen LogP contribution in [0.15, 0.2) is 82.2 Å². The number of benzene rings is 3. The van der Waals surface area contributed by atoms with Gasteiger partial charge in [-0.2, -0.15) is 0 Å². The van der Waals surface area contributed by atoms with Crippen molar-refractivity contribution in [3.8, 4) is 5.75 Å². The Hall–Kier alpha value is -2.44. The first-order valence-electron chi connectivity index (χ1n) is 10.8. The van der Waals surface area contributed by atoms with Crippen molar-refractivity contribution in [2.24, 2.45) is 0 Å². The van der Waals surface area contributed by atoms with E-state index in [1.165, 1.54) is 31.8 Å². The minimum absolute atomic E-state index is 0.101. The summed E-state index contributed by atoms with van der Waals surface area (Å²) < 4.78 is 9.31. The van der Waals surface area contributed by atoms with Crippen LogP contribution in [0.25, 0.3) is 5.57 Å². The summed E-state index contributed by atoms with van der Waals surface area (Å²) in [6.07, 6.45) is 0.938. The molecule has 0 radical (unpaired) electrons. The molecule has 4 heterocycles. The van der Waals surface area contributed by atoms with Crippen LogP contribution in [0.5, 0.6) is 5.75 Å². The van der Waals surface area contributed by atoms with Gasteiger partial charge >= 0.3 is 199 Å². The molecule has 1 saturated heterocycles. The molecule has 1 fully saturated rings. The van der Waals surface area contributed by atoms with Crippen LogP contribution in [0.3, 0.4) is 0 Å². The van der Waals surface area contributed by atoms with Gasteiger partial charge in [-0.05, 0) is 0 Å². The molecule has 156 valence electrons. The SMILES string of the molecule is O=C1NC(=O)C([CH]2C3=[C](Cc4ccc(OCc5ccccc5)cc4)[In]2[c]2ccccc23)S1.